The molecule has 100 valence electrons. The van der Waals surface area contributed by atoms with Crippen molar-refractivity contribution in [2.24, 2.45) is 11.7 Å². The Balaban J connectivity index is 2.10. The molecular formula is C15H16ClNO2. The maximum Gasteiger partial charge on any atom is 0.249 e. The van der Waals surface area contributed by atoms with Gasteiger partial charge in [0.05, 0.1) is 0 Å². The Hall–Kier alpha value is -1.50. The largest absolute Gasteiger partial charge is 0.380 e. The van der Waals surface area contributed by atoms with E-state index >= 15 is 0 Å². The van der Waals surface area contributed by atoms with Crippen LogP contribution in [0.4, 0.5) is 0 Å². The van der Waals surface area contributed by atoms with Crippen LogP contribution in [-0.4, -0.2) is 16.6 Å². The van der Waals surface area contributed by atoms with E-state index in [4.69, 9.17) is 17.3 Å². The predicted octanol–water partition coefficient (Wildman–Crippen LogP) is 2.10. The molecule has 0 saturated heterocycles. The van der Waals surface area contributed by atoms with E-state index in [1.54, 1.807) is 12.1 Å². The molecule has 1 fully saturated rings. The fourth-order valence-corrected chi connectivity index (χ4v) is 2.54. The van der Waals surface area contributed by atoms with Crippen LogP contribution < -0.4 is 5.73 Å². The van der Waals surface area contributed by atoms with Gasteiger partial charge in [0.1, 0.15) is 5.60 Å². The summed E-state index contributed by atoms with van der Waals surface area (Å²) >= 11 is 5.88. The molecule has 1 aliphatic rings. The lowest BCUT2D eigenvalue weighted by Crippen LogP contribution is -2.47. The van der Waals surface area contributed by atoms with Crippen molar-refractivity contribution in [3.05, 3.63) is 34.9 Å². The molecule has 1 amide bonds. The third-order valence-electron chi connectivity index (χ3n) is 3.43. The van der Waals surface area contributed by atoms with Gasteiger partial charge in [-0.15, -0.1) is 0 Å². The first kappa shape index (κ1) is 13.9. The molecule has 2 rings (SSSR count). The van der Waals surface area contributed by atoms with Crippen LogP contribution in [0.15, 0.2) is 24.3 Å². The van der Waals surface area contributed by atoms with E-state index in [1.165, 1.54) is 0 Å². The summed E-state index contributed by atoms with van der Waals surface area (Å²) in [4.78, 5) is 11.2. The van der Waals surface area contributed by atoms with Crippen LogP contribution in [0.25, 0.3) is 0 Å². The topological polar surface area (TPSA) is 63.3 Å². The van der Waals surface area contributed by atoms with E-state index in [1.807, 2.05) is 12.1 Å². The molecule has 0 heterocycles. The standard InChI is InChI=1S/C15H16ClNO2/c16-13-5-1-3-11(9-13)6-7-12-4-2-8-15(19,10-12)14(17)18/h1,3,5,9,12,19H,2,4,8,10H2,(H2,17,18)/t12-,15+/m0/s1. The normalized spacial score (nSPS) is 26.3. The van der Waals surface area contributed by atoms with E-state index in [9.17, 15) is 9.90 Å². The van der Waals surface area contributed by atoms with Gasteiger partial charge in [-0.25, -0.2) is 0 Å². The van der Waals surface area contributed by atoms with Gasteiger partial charge in [-0.2, -0.15) is 0 Å². The zero-order valence-electron chi connectivity index (χ0n) is 10.5. The maximum absolute atomic E-state index is 11.2. The van der Waals surface area contributed by atoms with Crippen LogP contribution >= 0.6 is 11.6 Å². The summed E-state index contributed by atoms with van der Waals surface area (Å²) in [7, 11) is 0. The molecule has 0 bridgehead atoms. The number of carbonyl (C=O) groups is 1. The van der Waals surface area contributed by atoms with Crippen molar-refractivity contribution in [1.29, 1.82) is 0 Å². The van der Waals surface area contributed by atoms with Gasteiger partial charge in [0, 0.05) is 16.5 Å². The number of amides is 1. The minimum Gasteiger partial charge on any atom is -0.380 e. The number of carbonyl (C=O) groups excluding carboxylic acids is 1. The van der Waals surface area contributed by atoms with Crippen molar-refractivity contribution >= 4 is 17.5 Å². The van der Waals surface area contributed by atoms with Gasteiger partial charge in [0.2, 0.25) is 5.91 Å². The molecule has 1 aliphatic carbocycles. The number of primary amides is 1. The quantitative estimate of drug-likeness (QED) is 0.772. The number of hydrogen-bond acceptors (Lipinski definition) is 2. The summed E-state index contributed by atoms with van der Waals surface area (Å²) in [6, 6.07) is 7.30. The number of benzene rings is 1. The number of hydrogen-bond donors (Lipinski definition) is 2. The summed E-state index contributed by atoms with van der Waals surface area (Å²) in [5, 5.41) is 10.7. The molecule has 0 spiro atoms. The van der Waals surface area contributed by atoms with Crippen LogP contribution in [0.1, 0.15) is 31.2 Å². The highest BCUT2D eigenvalue weighted by molar-refractivity contribution is 6.30. The molecule has 1 aromatic carbocycles. The fourth-order valence-electron chi connectivity index (χ4n) is 2.35. The number of aliphatic hydroxyl groups is 1. The molecule has 3 nitrogen and oxygen atoms in total. The Labute approximate surface area is 117 Å². The second-order valence-corrected chi connectivity index (χ2v) is 5.41. The zero-order chi connectivity index (χ0) is 13.9. The van der Waals surface area contributed by atoms with Crippen LogP contribution in [0, 0.1) is 17.8 Å². The van der Waals surface area contributed by atoms with Gasteiger partial charge in [0.15, 0.2) is 0 Å². The first-order valence-corrected chi connectivity index (χ1v) is 6.67. The molecule has 2 atom stereocenters. The van der Waals surface area contributed by atoms with Crippen LogP contribution in [-0.2, 0) is 4.79 Å². The number of nitrogens with two attached hydrogens (primary N) is 1. The minimum atomic E-state index is -1.40. The highest BCUT2D eigenvalue weighted by atomic mass is 35.5. The molecule has 1 aromatic rings. The van der Waals surface area contributed by atoms with Crippen molar-refractivity contribution in [1.82, 2.24) is 0 Å². The SMILES string of the molecule is NC(=O)[C@@]1(O)CCC[C@@H](C#Cc2cccc(Cl)c2)C1. The number of rotatable bonds is 1. The fraction of sp³-hybridized carbons (Fsp3) is 0.400. The lowest BCUT2D eigenvalue weighted by Gasteiger charge is -2.31. The molecule has 0 radical (unpaired) electrons. The second kappa shape index (κ2) is 5.64. The Kier molecular flexibility index (Phi) is 4.14. The Morgan fingerprint density at radius 3 is 3.00 bits per heavy atom. The summed E-state index contributed by atoms with van der Waals surface area (Å²) < 4.78 is 0. The molecular weight excluding hydrogens is 262 g/mol. The summed E-state index contributed by atoms with van der Waals surface area (Å²) in [6.07, 6.45) is 2.38. The van der Waals surface area contributed by atoms with Crippen molar-refractivity contribution in [3.8, 4) is 11.8 Å². The van der Waals surface area contributed by atoms with Gasteiger partial charge >= 0.3 is 0 Å². The molecule has 0 aromatic heterocycles. The second-order valence-electron chi connectivity index (χ2n) is 4.97. The van der Waals surface area contributed by atoms with Crippen molar-refractivity contribution < 1.29 is 9.90 Å². The summed E-state index contributed by atoms with van der Waals surface area (Å²) in [5.41, 5.74) is 4.67. The average Bonchev–Trinajstić information content (AvgIpc) is 2.36. The van der Waals surface area contributed by atoms with E-state index < -0.39 is 11.5 Å². The van der Waals surface area contributed by atoms with E-state index in [-0.39, 0.29) is 5.92 Å². The summed E-state index contributed by atoms with van der Waals surface area (Å²) in [5.74, 6) is 5.47. The van der Waals surface area contributed by atoms with E-state index in [0.717, 1.165) is 18.4 Å². The predicted molar refractivity (Wildman–Crippen MR) is 74.4 cm³/mol. The minimum absolute atomic E-state index is 0.00904. The molecule has 3 N–H and O–H groups in total. The Bertz CT molecular complexity index is 547. The molecule has 1 saturated carbocycles. The van der Waals surface area contributed by atoms with Gasteiger partial charge in [-0.3, -0.25) is 4.79 Å². The lowest BCUT2D eigenvalue weighted by atomic mass is 9.78. The first-order valence-electron chi connectivity index (χ1n) is 6.29. The van der Waals surface area contributed by atoms with Gasteiger partial charge in [-0.1, -0.05) is 29.5 Å². The monoisotopic (exact) mass is 277 g/mol. The average molecular weight is 278 g/mol. The van der Waals surface area contributed by atoms with E-state index in [2.05, 4.69) is 11.8 Å². The van der Waals surface area contributed by atoms with Gasteiger partial charge < -0.3 is 10.8 Å². The van der Waals surface area contributed by atoms with Crippen molar-refractivity contribution in [2.45, 2.75) is 31.3 Å². The van der Waals surface area contributed by atoms with Crippen LogP contribution in [0.3, 0.4) is 0 Å². The molecule has 0 aliphatic heterocycles. The highest BCUT2D eigenvalue weighted by Gasteiger charge is 2.38. The third kappa shape index (κ3) is 3.50. The number of halogens is 1. The highest BCUT2D eigenvalue weighted by Crippen LogP contribution is 2.31. The molecule has 0 unspecified atom stereocenters. The molecule has 4 heteroatoms. The van der Waals surface area contributed by atoms with Crippen LogP contribution in [0.2, 0.25) is 5.02 Å². The van der Waals surface area contributed by atoms with Crippen molar-refractivity contribution in [2.75, 3.05) is 0 Å². The lowest BCUT2D eigenvalue weighted by molar-refractivity contribution is -0.140. The van der Waals surface area contributed by atoms with Crippen LogP contribution in [0.5, 0.6) is 0 Å². The zero-order valence-corrected chi connectivity index (χ0v) is 11.3. The first-order chi connectivity index (χ1) is 8.99. The Morgan fingerprint density at radius 2 is 2.32 bits per heavy atom. The van der Waals surface area contributed by atoms with E-state index in [0.29, 0.717) is 17.9 Å². The summed E-state index contributed by atoms with van der Waals surface area (Å²) in [6.45, 7) is 0. The van der Waals surface area contributed by atoms with Crippen molar-refractivity contribution in [3.63, 3.8) is 0 Å². The van der Waals surface area contributed by atoms with Gasteiger partial charge in [0.25, 0.3) is 0 Å². The maximum atomic E-state index is 11.2. The smallest absolute Gasteiger partial charge is 0.249 e. The van der Waals surface area contributed by atoms with Gasteiger partial charge in [-0.05, 0) is 43.9 Å². The third-order valence-corrected chi connectivity index (χ3v) is 3.67. The Morgan fingerprint density at radius 1 is 1.53 bits per heavy atom. The molecule has 19 heavy (non-hydrogen) atoms.